The van der Waals surface area contributed by atoms with Crippen molar-refractivity contribution in [2.45, 2.75) is 19.9 Å². The number of benzene rings is 1. The zero-order valence-corrected chi connectivity index (χ0v) is 12.5. The van der Waals surface area contributed by atoms with Gasteiger partial charge in [-0.25, -0.2) is 5.43 Å². The maximum absolute atomic E-state index is 6.07. The summed E-state index contributed by atoms with van der Waals surface area (Å²) in [5, 5.41) is 5.45. The molecule has 4 nitrogen and oxygen atoms in total. The highest BCUT2D eigenvalue weighted by Crippen LogP contribution is 2.31. The molecule has 1 heterocycles. The van der Waals surface area contributed by atoms with Gasteiger partial charge in [0, 0.05) is 18.3 Å². The Morgan fingerprint density at radius 2 is 1.95 bits per heavy atom. The van der Waals surface area contributed by atoms with Gasteiger partial charge in [0.25, 0.3) is 0 Å². The SMILES string of the molecule is Cc1nn(C)c(C)c1C(NN)c1ccc(Cl)c(Cl)c1. The normalized spacial score (nSPS) is 12.7. The lowest BCUT2D eigenvalue weighted by Gasteiger charge is -2.18. The van der Waals surface area contributed by atoms with Crippen LogP contribution in [0.5, 0.6) is 0 Å². The summed E-state index contributed by atoms with van der Waals surface area (Å²) in [5.41, 5.74) is 6.84. The molecule has 0 saturated carbocycles. The largest absolute Gasteiger partial charge is 0.272 e. The highest BCUT2D eigenvalue weighted by Gasteiger charge is 2.21. The molecule has 1 aromatic heterocycles. The van der Waals surface area contributed by atoms with Crippen molar-refractivity contribution in [2.75, 3.05) is 0 Å². The van der Waals surface area contributed by atoms with Crippen LogP contribution in [0, 0.1) is 13.8 Å². The van der Waals surface area contributed by atoms with Crippen molar-refractivity contribution in [3.05, 3.63) is 50.8 Å². The predicted octanol–water partition coefficient (Wildman–Crippen LogP) is 2.90. The van der Waals surface area contributed by atoms with Crippen molar-refractivity contribution in [2.24, 2.45) is 12.9 Å². The second kappa shape index (κ2) is 5.51. The Balaban J connectivity index is 2.52. The third-order valence-corrected chi connectivity index (χ3v) is 4.04. The molecule has 0 spiro atoms. The van der Waals surface area contributed by atoms with E-state index in [9.17, 15) is 0 Å². The summed E-state index contributed by atoms with van der Waals surface area (Å²) in [4.78, 5) is 0. The van der Waals surface area contributed by atoms with Gasteiger partial charge in [0.1, 0.15) is 0 Å². The van der Waals surface area contributed by atoms with Gasteiger partial charge in [-0.3, -0.25) is 10.5 Å². The Morgan fingerprint density at radius 1 is 1.26 bits per heavy atom. The molecular formula is C13H16Cl2N4. The number of halogens is 2. The van der Waals surface area contributed by atoms with Gasteiger partial charge in [-0.05, 0) is 31.5 Å². The number of nitrogens with two attached hydrogens (primary N) is 1. The van der Waals surface area contributed by atoms with E-state index in [1.54, 1.807) is 6.07 Å². The summed E-state index contributed by atoms with van der Waals surface area (Å²) < 4.78 is 1.84. The number of hydrogen-bond donors (Lipinski definition) is 2. The molecule has 2 aromatic rings. The highest BCUT2D eigenvalue weighted by atomic mass is 35.5. The van der Waals surface area contributed by atoms with Gasteiger partial charge in [-0.15, -0.1) is 0 Å². The molecule has 0 radical (unpaired) electrons. The Labute approximate surface area is 122 Å². The van der Waals surface area contributed by atoms with Gasteiger partial charge >= 0.3 is 0 Å². The number of hydrogen-bond acceptors (Lipinski definition) is 3. The topological polar surface area (TPSA) is 55.9 Å². The van der Waals surface area contributed by atoms with Gasteiger partial charge in [0.2, 0.25) is 0 Å². The molecule has 102 valence electrons. The van der Waals surface area contributed by atoms with Crippen LogP contribution in [0.1, 0.15) is 28.6 Å². The van der Waals surface area contributed by atoms with E-state index in [1.807, 2.05) is 37.7 Å². The fourth-order valence-corrected chi connectivity index (χ4v) is 2.55. The lowest BCUT2D eigenvalue weighted by molar-refractivity contribution is 0.628. The van der Waals surface area contributed by atoms with Gasteiger partial charge < -0.3 is 0 Å². The first-order chi connectivity index (χ1) is 8.95. The van der Waals surface area contributed by atoms with Crippen LogP contribution in [0.2, 0.25) is 10.0 Å². The van der Waals surface area contributed by atoms with Crippen molar-refractivity contribution in [3.63, 3.8) is 0 Å². The third-order valence-electron chi connectivity index (χ3n) is 3.30. The predicted molar refractivity (Wildman–Crippen MR) is 78.3 cm³/mol. The Bertz CT molecular complexity index is 607. The summed E-state index contributed by atoms with van der Waals surface area (Å²) in [5.74, 6) is 5.71. The molecule has 2 rings (SSSR count). The number of rotatable bonds is 3. The molecule has 6 heteroatoms. The maximum Gasteiger partial charge on any atom is 0.0746 e. The van der Waals surface area contributed by atoms with Crippen LogP contribution in [0.3, 0.4) is 0 Å². The zero-order valence-electron chi connectivity index (χ0n) is 11.0. The Morgan fingerprint density at radius 3 is 2.42 bits per heavy atom. The van der Waals surface area contributed by atoms with Crippen molar-refractivity contribution in [3.8, 4) is 0 Å². The number of nitrogens with zero attached hydrogens (tertiary/aromatic N) is 2. The number of aryl methyl sites for hydroxylation is 2. The molecule has 1 unspecified atom stereocenters. The Kier molecular flexibility index (Phi) is 4.16. The van der Waals surface area contributed by atoms with Crippen LogP contribution in [-0.4, -0.2) is 9.78 Å². The molecule has 3 N–H and O–H groups in total. The Hall–Kier alpha value is -1.07. The first kappa shape index (κ1) is 14.3. The fourth-order valence-electron chi connectivity index (χ4n) is 2.25. The zero-order chi connectivity index (χ0) is 14.2. The summed E-state index contributed by atoms with van der Waals surface area (Å²) >= 11 is 12.0. The first-order valence-electron chi connectivity index (χ1n) is 5.87. The number of nitrogens with one attached hydrogen (secondary N) is 1. The van der Waals surface area contributed by atoms with Crippen LogP contribution in [-0.2, 0) is 7.05 Å². The minimum atomic E-state index is -0.163. The quantitative estimate of drug-likeness (QED) is 0.677. The van der Waals surface area contributed by atoms with Gasteiger partial charge in [0.15, 0.2) is 0 Å². The number of aromatic nitrogens is 2. The molecule has 0 amide bonds. The van der Waals surface area contributed by atoms with E-state index in [0.717, 1.165) is 22.5 Å². The van der Waals surface area contributed by atoms with Crippen LogP contribution in [0.15, 0.2) is 18.2 Å². The summed E-state index contributed by atoms with van der Waals surface area (Å²) in [7, 11) is 1.91. The lowest BCUT2D eigenvalue weighted by Crippen LogP contribution is -2.29. The van der Waals surface area contributed by atoms with Crippen LogP contribution < -0.4 is 11.3 Å². The van der Waals surface area contributed by atoms with Crippen LogP contribution in [0.4, 0.5) is 0 Å². The summed E-state index contributed by atoms with van der Waals surface area (Å²) in [6, 6.07) is 5.33. The molecule has 0 fully saturated rings. The smallest absolute Gasteiger partial charge is 0.0746 e. The molecule has 0 aliphatic rings. The monoisotopic (exact) mass is 298 g/mol. The average Bonchev–Trinajstić information content (AvgIpc) is 2.61. The van der Waals surface area contributed by atoms with E-state index in [4.69, 9.17) is 29.0 Å². The van der Waals surface area contributed by atoms with E-state index in [1.165, 1.54) is 0 Å². The molecule has 1 atom stereocenters. The van der Waals surface area contributed by atoms with Gasteiger partial charge in [0.05, 0.1) is 21.8 Å². The molecule has 1 aromatic carbocycles. The van der Waals surface area contributed by atoms with E-state index < -0.39 is 0 Å². The molecule has 0 aliphatic carbocycles. The van der Waals surface area contributed by atoms with Crippen LogP contribution >= 0.6 is 23.2 Å². The standard InChI is InChI=1S/C13H16Cl2N4/c1-7-12(8(2)19(3)18-7)13(17-16)9-4-5-10(14)11(15)6-9/h4-6,13,17H,16H2,1-3H3. The van der Waals surface area contributed by atoms with E-state index in [2.05, 4.69) is 10.5 Å². The maximum atomic E-state index is 6.07. The molecule has 0 bridgehead atoms. The summed E-state index contributed by atoms with van der Waals surface area (Å²) in [6.07, 6.45) is 0. The van der Waals surface area contributed by atoms with Gasteiger partial charge in [-0.2, -0.15) is 5.10 Å². The van der Waals surface area contributed by atoms with E-state index in [-0.39, 0.29) is 6.04 Å². The van der Waals surface area contributed by atoms with Crippen molar-refractivity contribution >= 4 is 23.2 Å². The van der Waals surface area contributed by atoms with Crippen molar-refractivity contribution in [1.29, 1.82) is 0 Å². The number of hydrazine groups is 1. The minimum Gasteiger partial charge on any atom is -0.272 e. The molecular weight excluding hydrogens is 283 g/mol. The van der Waals surface area contributed by atoms with Crippen molar-refractivity contribution < 1.29 is 0 Å². The van der Waals surface area contributed by atoms with Crippen molar-refractivity contribution in [1.82, 2.24) is 15.2 Å². The van der Waals surface area contributed by atoms with E-state index >= 15 is 0 Å². The molecule has 19 heavy (non-hydrogen) atoms. The molecule has 0 saturated heterocycles. The average molecular weight is 299 g/mol. The lowest BCUT2D eigenvalue weighted by atomic mass is 9.97. The van der Waals surface area contributed by atoms with Gasteiger partial charge in [-0.1, -0.05) is 29.3 Å². The fraction of sp³-hybridized carbons (Fsp3) is 0.308. The first-order valence-corrected chi connectivity index (χ1v) is 6.62. The highest BCUT2D eigenvalue weighted by molar-refractivity contribution is 6.42. The second-order valence-corrected chi connectivity index (χ2v) is 5.30. The third kappa shape index (κ3) is 2.62. The molecule has 0 aliphatic heterocycles. The second-order valence-electron chi connectivity index (χ2n) is 4.48. The summed E-state index contributed by atoms with van der Waals surface area (Å²) in [6.45, 7) is 3.97. The van der Waals surface area contributed by atoms with E-state index in [0.29, 0.717) is 10.0 Å². The minimum absolute atomic E-state index is 0.163. The van der Waals surface area contributed by atoms with Crippen LogP contribution in [0.25, 0.3) is 0 Å².